The molecule has 2 fully saturated rings. The van der Waals surface area contributed by atoms with E-state index in [1.54, 1.807) is 0 Å². The van der Waals surface area contributed by atoms with Crippen LogP contribution in [-0.4, -0.2) is 19.9 Å². The van der Waals surface area contributed by atoms with Gasteiger partial charge in [-0.05, 0) is 98.2 Å². The first-order valence-corrected chi connectivity index (χ1v) is 14.0. The fourth-order valence-corrected chi connectivity index (χ4v) is 6.90. The normalized spacial score (nSPS) is 19.2. The predicted molar refractivity (Wildman–Crippen MR) is 147 cm³/mol. The van der Waals surface area contributed by atoms with E-state index >= 15 is 0 Å². The number of hydrogen-bond acceptors (Lipinski definition) is 0. The highest BCUT2D eigenvalue weighted by atomic mass is 14.8. The van der Waals surface area contributed by atoms with Crippen molar-refractivity contribution in [3.8, 4) is 0 Å². The van der Waals surface area contributed by atoms with Crippen molar-refractivity contribution in [3.63, 3.8) is 0 Å². The standard InChI is InChI=1S/C32H36N4/c1-3-7-21(8-4-1)31-27-15-11-23(33-27)19-25-13-17-29(35-25)32(22-9-5-2-6-10-22)30-18-14-26(36-30)20-24-12-16-28(31)34-24/h11-22,33-36H,1-10H2. The van der Waals surface area contributed by atoms with Gasteiger partial charge in [0.05, 0.1) is 0 Å². The van der Waals surface area contributed by atoms with E-state index in [1.807, 2.05) is 0 Å². The molecule has 0 amide bonds. The smallest absolute Gasteiger partial charge is 0.0441 e. The van der Waals surface area contributed by atoms with Gasteiger partial charge in [-0.3, -0.25) is 0 Å². The number of aromatic nitrogens is 4. The van der Waals surface area contributed by atoms with Gasteiger partial charge < -0.3 is 19.9 Å². The number of rotatable bonds is 2. The predicted octanol–water partition coefficient (Wildman–Crippen LogP) is 4.53. The lowest BCUT2D eigenvalue weighted by Gasteiger charge is -2.24. The number of nitrogens with one attached hydrogen (secondary N) is 4. The van der Waals surface area contributed by atoms with Crippen LogP contribution in [-0.2, 0) is 0 Å². The van der Waals surface area contributed by atoms with Gasteiger partial charge in [-0.25, -0.2) is 0 Å². The Morgan fingerprint density at radius 2 is 0.889 bits per heavy atom. The summed E-state index contributed by atoms with van der Waals surface area (Å²) < 4.78 is 0. The molecule has 0 spiro atoms. The molecule has 8 bridgehead atoms. The molecule has 7 rings (SSSR count). The molecule has 0 aromatic carbocycles. The fourth-order valence-electron chi connectivity index (χ4n) is 6.90. The molecule has 2 saturated carbocycles. The van der Waals surface area contributed by atoms with Crippen LogP contribution in [0, 0.1) is 11.8 Å². The van der Waals surface area contributed by atoms with Crippen LogP contribution in [0.15, 0.2) is 48.5 Å². The summed E-state index contributed by atoms with van der Waals surface area (Å²) in [7, 11) is 0. The summed E-state index contributed by atoms with van der Waals surface area (Å²) in [5.74, 6) is 1.19. The minimum atomic E-state index is 0.595. The van der Waals surface area contributed by atoms with Crippen LogP contribution < -0.4 is 21.4 Å². The second-order valence-corrected chi connectivity index (χ2v) is 11.1. The summed E-state index contributed by atoms with van der Waals surface area (Å²) in [6.07, 6.45) is 17.6. The zero-order chi connectivity index (χ0) is 23.9. The lowest BCUT2D eigenvalue weighted by atomic mass is 9.82. The number of aromatic amines is 4. The Morgan fingerprint density at radius 1 is 0.444 bits per heavy atom. The molecule has 1 aliphatic heterocycles. The lowest BCUT2D eigenvalue weighted by molar-refractivity contribution is 0.427. The SMILES string of the molecule is C1=c2ccc([nH]2)=C(C2CCCCC2)c2ccc([nH]2)C=c2ccc([nH]2)=C(C2CCCCC2)c2ccc1[nH]2. The van der Waals surface area contributed by atoms with Crippen LogP contribution in [0.4, 0.5) is 0 Å². The van der Waals surface area contributed by atoms with Crippen molar-refractivity contribution in [2.75, 3.05) is 0 Å². The minimum absolute atomic E-state index is 0.595. The van der Waals surface area contributed by atoms with Gasteiger partial charge in [-0.15, -0.1) is 0 Å². The molecule has 4 N–H and O–H groups in total. The topological polar surface area (TPSA) is 63.2 Å². The zero-order valence-corrected chi connectivity index (χ0v) is 21.0. The van der Waals surface area contributed by atoms with E-state index in [1.165, 1.54) is 97.4 Å². The summed E-state index contributed by atoms with van der Waals surface area (Å²) in [6.45, 7) is 0. The minimum Gasteiger partial charge on any atom is -0.355 e. The molecular formula is C32H36N4. The van der Waals surface area contributed by atoms with Crippen LogP contribution in [0.1, 0.15) is 87.0 Å². The van der Waals surface area contributed by atoms with Crippen LogP contribution >= 0.6 is 0 Å². The Bertz CT molecular complexity index is 1480. The largest absolute Gasteiger partial charge is 0.355 e. The Labute approximate surface area is 212 Å². The average molecular weight is 477 g/mol. The van der Waals surface area contributed by atoms with E-state index in [0.717, 1.165) is 22.1 Å². The van der Waals surface area contributed by atoms with Crippen molar-refractivity contribution in [1.29, 1.82) is 0 Å². The van der Waals surface area contributed by atoms with Gasteiger partial charge >= 0.3 is 0 Å². The first-order valence-electron chi connectivity index (χ1n) is 14.0. The van der Waals surface area contributed by atoms with Gasteiger partial charge in [-0.1, -0.05) is 38.5 Å². The first kappa shape index (κ1) is 21.8. The van der Waals surface area contributed by atoms with E-state index in [4.69, 9.17) is 0 Å². The second-order valence-electron chi connectivity index (χ2n) is 11.1. The van der Waals surface area contributed by atoms with Gasteiger partial charge in [0.1, 0.15) is 0 Å². The molecule has 4 heteroatoms. The van der Waals surface area contributed by atoms with Gasteiger partial charge in [0, 0.05) is 55.3 Å². The second kappa shape index (κ2) is 9.24. The zero-order valence-electron chi connectivity index (χ0n) is 21.0. The quantitative estimate of drug-likeness (QED) is 0.329. The molecule has 0 unspecified atom stereocenters. The number of hydrogen-bond donors (Lipinski definition) is 4. The first-order chi connectivity index (χ1) is 17.8. The fraction of sp³-hybridized carbons (Fsp3) is 0.375. The van der Waals surface area contributed by atoms with Crippen molar-refractivity contribution < 1.29 is 0 Å². The number of fused-ring (bicyclic) bond motifs is 8. The van der Waals surface area contributed by atoms with Crippen LogP contribution in [0.5, 0.6) is 0 Å². The average Bonchev–Trinajstić information content (AvgIpc) is 3.72. The third kappa shape index (κ3) is 4.13. The molecule has 0 saturated heterocycles. The highest BCUT2D eigenvalue weighted by Crippen LogP contribution is 2.34. The maximum atomic E-state index is 3.76. The Hall–Kier alpha value is -3.40. The Morgan fingerprint density at radius 3 is 1.33 bits per heavy atom. The summed E-state index contributed by atoms with van der Waals surface area (Å²) in [6, 6.07) is 18.0. The van der Waals surface area contributed by atoms with Crippen LogP contribution in [0.2, 0.25) is 0 Å². The van der Waals surface area contributed by atoms with Crippen molar-refractivity contribution >= 4 is 23.3 Å². The van der Waals surface area contributed by atoms with Crippen molar-refractivity contribution in [1.82, 2.24) is 19.9 Å². The van der Waals surface area contributed by atoms with Crippen molar-refractivity contribution in [2.45, 2.75) is 64.2 Å². The molecule has 36 heavy (non-hydrogen) atoms. The molecule has 184 valence electrons. The van der Waals surface area contributed by atoms with E-state index in [9.17, 15) is 0 Å². The third-order valence-corrected chi connectivity index (χ3v) is 8.64. The summed E-state index contributed by atoms with van der Waals surface area (Å²) in [5.41, 5.74) is 7.67. The van der Waals surface area contributed by atoms with Crippen LogP contribution in [0.3, 0.4) is 0 Å². The molecule has 4 aromatic rings. The van der Waals surface area contributed by atoms with Crippen LogP contribution in [0.25, 0.3) is 23.3 Å². The van der Waals surface area contributed by atoms with E-state index in [2.05, 4.69) is 80.6 Å². The molecule has 4 aromatic heterocycles. The molecule has 0 radical (unpaired) electrons. The van der Waals surface area contributed by atoms with Crippen molar-refractivity contribution in [2.24, 2.45) is 11.8 Å². The highest BCUT2D eigenvalue weighted by molar-refractivity contribution is 5.68. The molecular weight excluding hydrogens is 440 g/mol. The lowest BCUT2D eigenvalue weighted by Crippen LogP contribution is -2.21. The molecule has 4 nitrogen and oxygen atoms in total. The highest BCUT2D eigenvalue weighted by Gasteiger charge is 2.23. The van der Waals surface area contributed by atoms with E-state index < -0.39 is 0 Å². The molecule has 3 aliphatic rings. The molecule has 2 aliphatic carbocycles. The van der Waals surface area contributed by atoms with Gasteiger partial charge in [0.15, 0.2) is 0 Å². The van der Waals surface area contributed by atoms with Gasteiger partial charge in [0.2, 0.25) is 0 Å². The number of H-pyrrole nitrogens is 4. The van der Waals surface area contributed by atoms with Crippen molar-refractivity contribution in [3.05, 3.63) is 92.7 Å². The van der Waals surface area contributed by atoms with Gasteiger partial charge in [-0.2, -0.15) is 0 Å². The molecule has 0 atom stereocenters. The molecule has 5 heterocycles. The maximum absolute atomic E-state index is 3.76. The summed E-state index contributed by atoms with van der Waals surface area (Å²) in [4.78, 5) is 15.0. The summed E-state index contributed by atoms with van der Waals surface area (Å²) in [5, 5.41) is 4.80. The monoisotopic (exact) mass is 476 g/mol. The van der Waals surface area contributed by atoms with E-state index in [0.29, 0.717) is 11.8 Å². The Kier molecular flexibility index (Phi) is 5.61. The third-order valence-electron chi connectivity index (χ3n) is 8.64. The maximum Gasteiger partial charge on any atom is 0.0441 e. The summed E-state index contributed by atoms with van der Waals surface area (Å²) >= 11 is 0. The van der Waals surface area contributed by atoms with E-state index in [-0.39, 0.29) is 0 Å². The Balaban J connectivity index is 1.45. The van der Waals surface area contributed by atoms with Gasteiger partial charge in [0.25, 0.3) is 0 Å².